The van der Waals surface area contributed by atoms with Crippen molar-refractivity contribution in [1.82, 2.24) is 14.4 Å². The first-order valence-electron chi connectivity index (χ1n) is 8.71. The number of anilines is 1. The third-order valence-electron chi connectivity index (χ3n) is 4.38. The molecule has 1 fully saturated rings. The highest BCUT2D eigenvalue weighted by molar-refractivity contribution is 6.05. The van der Waals surface area contributed by atoms with E-state index < -0.39 is 6.17 Å². The molecule has 0 radical (unpaired) electrons. The van der Waals surface area contributed by atoms with Gasteiger partial charge >= 0.3 is 0 Å². The molecule has 3 aromatic heterocycles. The average molecular weight is 370 g/mol. The van der Waals surface area contributed by atoms with Crippen molar-refractivity contribution in [3.8, 4) is 11.6 Å². The van der Waals surface area contributed by atoms with Crippen molar-refractivity contribution in [2.45, 2.75) is 25.4 Å². The summed E-state index contributed by atoms with van der Waals surface area (Å²) in [5, 5.41) is 2.74. The molecule has 140 valence electrons. The molecule has 0 spiro atoms. The molecule has 1 saturated carbocycles. The van der Waals surface area contributed by atoms with Crippen LogP contribution in [-0.4, -0.2) is 40.2 Å². The number of hydrogen-bond acceptors (Lipinski definition) is 5. The molecule has 4 rings (SSSR count). The maximum atomic E-state index is 13.3. The van der Waals surface area contributed by atoms with Gasteiger partial charge in [0.25, 0.3) is 5.91 Å². The predicted octanol–water partition coefficient (Wildman–Crippen LogP) is 3.21. The molecule has 0 unspecified atom stereocenters. The van der Waals surface area contributed by atoms with Crippen molar-refractivity contribution >= 4 is 17.4 Å². The van der Waals surface area contributed by atoms with Gasteiger partial charge in [0, 0.05) is 30.4 Å². The number of ether oxygens (including phenoxy) is 2. The first kappa shape index (κ1) is 17.3. The Hall–Kier alpha value is -3.16. The molecule has 3 heterocycles. The Morgan fingerprint density at radius 1 is 1.37 bits per heavy atom. The number of hydrogen-bond donors (Lipinski definition) is 1. The van der Waals surface area contributed by atoms with Gasteiger partial charge in [0.05, 0.1) is 25.0 Å². The van der Waals surface area contributed by atoms with Crippen molar-refractivity contribution in [2.24, 2.45) is 0 Å². The molecule has 0 aliphatic heterocycles. The van der Waals surface area contributed by atoms with Gasteiger partial charge in [-0.3, -0.25) is 4.79 Å². The van der Waals surface area contributed by atoms with Gasteiger partial charge in [-0.2, -0.15) is 4.98 Å². The van der Waals surface area contributed by atoms with E-state index in [-0.39, 0.29) is 11.8 Å². The smallest absolute Gasteiger partial charge is 0.262 e. The third kappa shape index (κ3) is 3.42. The lowest BCUT2D eigenvalue weighted by Crippen LogP contribution is -2.15. The maximum absolute atomic E-state index is 13.3. The zero-order valence-electron chi connectivity index (χ0n) is 15.0. The van der Waals surface area contributed by atoms with Crippen LogP contribution in [0.1, 0.15) is 35.3 Å². The van der Waals surface area contributed by atoms with E-state index in [2.05, 4.69) is 15.3 Å². The second kappa shape index (κ2) is 6.86. The fraction of sp³-hybridized carbons (Fsp3) is 0.316. The van der Waals surface area contributed by atoms with Crippen LogP contribution in [0, 0.1) is 0 Å². The molecule has 1 aliphatic rings. The largest absolute Gasteiger partial charge is 0.493 e. The van der Waals surface area contributed by atoms with Crippen LogP contribution in [0.25, 0.3) is 5.65 Å². The predicted molar refractivity (Wildman–Crippen MR) is 97.4 cm³/mol. The molecule has 7 nitrogen and oxygen atoms in total. The number of carbonyl (C=O) groups is 1. The number of amides is 1. The lowest BCUT2D eigenvalue weighted by atomic mass is 10.2. The molecule has 1 aliphatic carbocycles. The van der Waals surface area contributed by atoms with Crippen LogP contribution in [0.3, 0.4) is 0 Å². The van der Waals surface area contributed by atoms with Gasteiger partial charge in [0.1, 0.15) is 23.4 Å². The third-order valence-corrected chi connectivity index (χ3v) is 4.38. The Morgan fingerprint density at radius 2 is 2.19 bits per heavy atom. The summed E-state index contributed by atoms with van der Waals surface area (Å²) in [6.45, 7) is 2.24. The summed E-state index contributed by atoms with van der Waals surface area (Å²) in [6, 6.07) is 6.79. The number of methoxy groups -OCH3 is 1. The first-order chi connectivity index (χ1) is 13.1. The van der Waals surface area contributed by atoms with Gasteiger partial charge in [0.15, 0.2) is 0 Å². The first-order valence-corrected chi connectivity index (χ1v) is 8.71. The zero-order valence-corrected chi connectivity index (χ0v) is 15.0. The number of alkyl halides is 1. The van der Waals surface area contributed by atoms with Gasteiger partial charge in [-0.25, -0.2) is 9.37 Å². The van der Waals surface area contributed by atoms with Crippen molar-refractivity contribution in [1.29, 1.82) is 0 Å². The Kier molecular flexibility index (Phi) is 4.39. The number of carbonyl (C=O) groups excluding carboxylic acids is 1. The number of halogens is 1. The Labute approximate surface area is 155 Å². The number of nitrogens with one attached hydrogen (secondary N) is 1. The van der Waals surface area contributed by atoms with Gasteiger partial charge in [-0.15, -0.1) is 0 Å². The second-order valence-electron chi connectivity index (χ2n) is 6.29. The van der Waals surface area contributed by atoms with E-state index in [1.807, 2.05) is 6.92 Å². The van der Waals surface area contributed by atoms with Gasteiger partial charge in [-0.1, -0.05) is 6.07 Å². The van der Waals surface area contributed by atoms with E-state index >= 15 is 0 Å². The zero-order chi connectivity index (χ0) is 19.0. The van der Waals surface area contributed by atoms with E-state index in [4.69, 9.17) is 9.47 Å². The summed E-state index contributed by atoms with van der Waals surface area (Å²) >= 11 is 0. The van der Waals surface area contributed by atoms with Gasteiger partial charge in [-0.05, 0) is 19.4 Å². The van der Waals surface area contributed by atoms with Crippen LogP contribution in [0.5, 0.6) is 11.6 Å². The second-order valence-corrected chi connectivity index (χ2v) is 6.29. The fourth-order valence-corrected chi connectivity index (χ4v) is 2.91. The maximum Gasteiger partial charge on any atom is 0.262 e. The average Bonchev–Trinajstić information content (AvgIpc) is 3.25. The highest BCUT2D eigenvalue weighted by Crippen LogP contribution is 2.43. The summed E-state index contributed by atoms with van der Waals surface area (Å²) in [4.78, 5) is 21.4. The molecule has 2 atom stereocenters. The Balaban J connectivity index is 1.67. The van der Waals surface area contributed by atoms with E-state index in [9.17, 15) is 9.18 Å². The molecule has 1 N–H and O–H groups in total. The quantitative estimate of drug-likeness (QED) is 0.721. The highest BCUT2D eigenvalue weighted by Gasteiger charge is 2.40. The molecular weight excluding hydrogens is 351 g/mol. The van der Waals surface area contributed by atoms with Crippen LogP contribution >= 0.6 is 0 Å². The normalized spacial score (nSPS) is 18.3. The highest BCUT2D eigenvalue weighted by atomic mass is 19.1. The van der Waals surface area contributed by atoms with Crippen LogP contribution in [0.15, 0.2) is 36.7 Å². The molecule has 0 bridgehead atoms. The van der Waals surface area contributed by atoms with Crippen LogP contribution < -0.4 is 14.8 Å². The molecule has 0 saturated heterocycles. The number of nitrogens with zero attached hydrogens (tertiary/aromatic N) is 3. The monoisotopic (exact) mass is 370 g/mol. The van der Waals surface area contributed by atoms with Crippen LogP contribution in [0.2, 0.25) is 0 Å². The number of fused-ring (bicyclic) bond motifs is 1. The molecule has 8 heteroatoms. The minimum Gasteiger partial charge on any atom is -0.493 e. The minimum absolute atomic E-state index is 0.154. The molecule has 1 amide bonds. The van der Waals surface area contributed by atoms with Crippen molar-refractivity contribution in [3.63, 3.8) is 0 Å². The molecule has 3 aromatic rings. The van der Waals surface area contributed by atoms with E-state index in [1.165, 1.54) is 7.11 Å². The number of aromatic nitrogens is 3. The standard InChI is InChI=1S/C19H19FN4O3/c1-3-27-15-8-17-21-14(11-7-13(11)20)10-24(17)9-12(15)19(25)23-16-5-4-6-18(22-16)26-2/h4-6,8-11,13H,3,7H2,1-2H3,(H,22,23,25)/t11-,13+/m1/s1. The molecular formula is C19H19FN4O3. The van der Waals surface area contributed by atoms with Crippen molar-refractivity contribution < 1.29 is 18.7 Å². The van der Waals surface area contributed by atoms with Crippen molar-refractivity contribution in [3.05, 3.63) is 47.9 Å². The summed E-state index contributed by atoms with van der Waals surface area (Å²) in [5.41, 5.74) is 1.64. The number of imidazole rings is 1. The molecule has 27 heavy (non-hydrogen) atoms. The van der Waals surface area contributed by atoms with Crippen molar-refractivity contribution in [2.75, 3.05) is 19.0 Å². The number of rotatable bonds is 6. The van der Waals surface area contributed by atoms with E-state index in [1.54, 1.807) is 41.1 Å². The topological polar surface area (TPSA) is 77.8 Å². The Morgan fingerprint density at radius 3 is 2.89 bits per heavy atom. The summed E-state index contributed by atoms with van der Waals surface area (Å²) in [7, 11) is 1.51. The minimum atomic E-state index is -0.830. The van der Waals surface area contributed by atoms with E-state index in [0.29, 0.717) is 47.4 Å². The lowest BCUT2D eigenvalue weighted by molar-refractivity contribution is 0.102. The van der Waals surface area contributed by atoms with Crippen LogP contribution in [-0.2, 0) is 0 Å². The van der Waals surface area contributed by atoms with Crippen LogP contribution in [0.4, 0.5) is 10.2 Å². The number of pyridine rings is 2. The fourth-order valence-electron chi connectivity index (χ4n) is 2.91. The summed E-state index contributed by atoms with van der Waals surface area (Å²) in [5.74, 6) is 0.657. The van der Waals surface area contributed by atoms with Gasteiger partial charge in [0.2, 0.25) is 5.88 Å². The Bertz CT molecular complexity index is 1000. The lowest BCUT2D eigenvalue weighted by Gasteiger charge is -2.11. The summed E-state index contributed by atoms with van der Waals surface area (Å²) < 4.78 is 25.8. The molecule has 0 aromatic carbocycles. The summed E-state index contributed by atoms with van der Waals surface area (Å²) in [6.07, 6.45) is 3.07. The van der Waals surface area contributed by atoms with Gasteiger partial charge < -0.3 is 19.2 Å². The SMILES string of the molecule is CCOc1cc2nc([C@@H]3C[C@@H]3F)cn2cc1C(=O)Nc1cccc(OC)n1. The van der Waals surface area contributed by atoms with E-state index in [0.717, 1.165) is 0 Å².